The van der Waals surface area contributed by atoms with Crippen molar-refractivity contribution in [3.63, 3.8) is 0 Å². The van der Waals surface area contributed by atoms with Gasteiger partial charge in [-0.3, -0.25) is 14.7 Å². The summed E-state index contributed by atoms with van der Waals surface area (Å²) in [5.41, 5.74) is 8.36. The molecule has 2 atom stereocenters. The molecule has 3 N–H and O–H groups in total. The third-order valence-electron chi connectivity index (χ3n) is 5.38. The highest BCUT2D eigenvalue weighted by atomic mass is 19.1. The number of carbonyl (C=O) groups excluding carboxylic acids is 1. The molecule has 2 fully saturated rings. The molecule has 0 bridgehead atoms. The molecular weight excluding hydrogens is 345 g/mol. The summed E-state index contributed by atoms with van der Waals surface area (Å²) in [7, 11) is 0. The van der Waals surface area contributed by atoms with Gasteiger partial charge in [-0.15, -0.1) is 0 Å². The van der Waals surface area contributed by atoms with E-state index in [1.165, 1.54) is 12.1 Å². The Morgan fingerprint density at radius 3 is 2.63 bits per heavy atom. The normalized spacial score (nSPS) is 24.0. The lowest BCUT2D eigenvalue weighted by atomic mass is 10.0. The second-order valence-electron chi connectivity index (χ2n) is 7.17. The Labute approximate surface area is 158 Å². The molecule has 6 nitrogen and oxygen atoms in total. The number of hydrogen-bond acceptors (Lipinski definition) is 5. The van der Waals surface area contributed by atoms with Gasteiger partial charge in [0.1, 0.15) is 5.82 Å². The quantitative estimate of drug-likeness (QED) is 0.769. The summed E-state index contributed by atoms with van der Waals surface area (Å²) < 4.78 is 13.1. The summed E-state index contributed by atoms with van der Waals surface area (Å²) in [4.78, 5) is 18.7. The van der Waals surface area contributed by atoms with Gasteiger partial charge in [-0.2, -0.15) is 0 Å². The first kappa shape index (κ1) is 18.0. The maximum Gasteiger partial charge on any atom is 0.253 e. The lowest BCUT2D eigenvalue weighted by molar-refractivity contribution is 0.0879. The molecule has 4 rings (SSSR count). The zero-order valence-corrected chi connectivity index (χ0v) is 15.1. The van der Waals surface area contributed by atoms with E-state index in [0.717, 1.165) is 37.9 Å². The topological polar surface area (TPSA) is 69.3 Å². The van der Waals surface area contributed by atoms with Crippen LogP contribution in [-0.4, -0.2) is 41.1 Å². The van der Waals surface area contributed by atoms with E-state index >= 15 is 0 Å². The van der Waals surface area contributed by atoms with Crippen molar-refractivity contribution in [2.45, 2.75) is 37.5 Å². The van der Waals surface area contributed by atoms with Crippen LogP contribution in [0.2, 0.25) is 0 Å². The van der Waals surface area contributed by atoms with Crippen LogP contribution < -0.4 is 16.2 Å². The molecule has 2 saturated heterocycles. The molecule has 2 aromatic rings. The van der Waals surface area contributed by atoms with Crippen LogP contribution in [0, 0.1) is 5.82 Å². The summed E-state index contributed by atoms with van der Waals surface area (Å²) in [5.74, 6) is -0.268. The highest BCUT2D eigenvalue weighted by molar-refractivity contribution is 5.94. The van der Waals surface area contributed by atoms with Crippen molar-refractivity contribution in [3.05, 3.63) is 65.7 Å². The van der Waals surface area contributed by atoms with Crippen molar-refractivity contribution in [1.29, 1.82) is 0 Å². The van der Waals surface area contributed by atoms with Crippen LogP contribution in [0.1, 0.15) is 41.2 Å². The van der Waals surface area contributed by atoms with Crippen molar-refractivity contribution in [1.82, 2.24) is 26.1 Å². The average Bonchev–Trinajstić information content (AvgIpc) is 3.20. The van der Waals surface area contributed by atoms with Gasteiger partial charge in [-0.05, 0) is 49.1 Å². The number of amides is 1. The predicted molar refractivity (Wildman–Crippen MR) is 100 cm³/mol. The van der Waals surface area contributed by atoms with Gasteiger partial charge in [0.2, 0.25) is 0 Å². The van der Waals surface area contributed by atoms with Crippen molar-refractivity contribution >= 4 is 5.91 Å². The SMILES string of the molecule is O=C(NC1CCN(C2CC(c3ccc(F)cc3)NN2)CC1)c1cccnc1. The van der Waals surface area contributed by atoms with E-state index in [-0.39, 0.29) is 30.0 Å². The summed E-state index contributed by atoms with van der Waals surface area (Å²) in [6, 6.07) is 10.6. The second-order valence-corrected chi connectivity index (χ2v) is 7.17. The Kier molecular flexibility index (Phi) is 5.42. The largest absolute Gasteiger partial charge is 0.349 e. The molecule has 3 heterocycles. The lowest BCUT2D eigenvalue weighted by Gasteiger charge is -2.35. The van der Waals surface area contributed by atoms with Crippen molar-refractivity contribution in [3.8, 4) is 0 Å². The van der Waals surface area contributed by atoms with Crippen LogP contribution >= 0.6 is 0 Å². The van der Waals surface area contributed by atoms with Gasteiger partial charge in [0.15, 0.2) is 0 Å². The van der Waals surface area contributed by atoms with Crippen LogP contribution in [0.3, 0.4) is 0 Å². The first-order valence-electron chi connectivity index (χ1n) is 9.40. The number of halogens is 1. The Balaban J connectivity index is 1.26. The van der Waals surface area contributed by atoms with Gasteiger partial charge in [-0.25, -0.2) is 15.2 Å². The van der Waals surface area contributed by atoms with Gasteiger partial charge in [0.25, 0.3) is 5.91 Å². The van der Waals surface area contributed by atoms with Gasteiger partial charge in [0, 0.05) is 37.6 Å². The molecular formula is C20H24FN5O. The fourth-order valence-corrected chi connectivity index (χ4v) is 3.81. The molecule has 0 aliphatic carbocycles. The van der Waals surface area contributed by atoms with E-state index in [2.05, 4.69) is 26.1 Å². The molecule has 0 spiro atoms. The molecule has 2 aliphatic rings. The van der Waals surface area contributed by atoms with Gasteiger partial charge in [0.05, 0.1) is 11.7 Å². The van der Waals surface area contributed by atoms with Crippen molar-refractivity contribution in [2.24, 2.45) is 0 Å². The average molecular weight is 369 g/mol. The monoisotopic (exact) mass is 369 g/mol. The molecule has 0 radical (unpaired) electrons. The molecule has 1 aromatic carbocycles. The maximum absolute atomic E-state index is 13.1. The van der Waals surface area contributed by atoms with Gasteiger partial charge in [-0.1, -0.05) is 12.1 Å². The Hall–Kier alpha value is -2.35. The molecule has 2 aliphatic heterocycles. The molecule has 2 unspecified atom stereocenters. The molecule has 27 heavy (non-hydrogen) atoms. The number of nitrogens with zero attached hydrogens (tertiary/aromatic N) is 2. The Morgan fingerprint density at radius 2 is 1.93 bits per heavy atom. The second kappa shape index (κ2) is 8.12. The standard InChI is InChI=1S/C20H24FN5O/c21-16-5-3-14(4-6-16)18-12-19(25-24-18)26-10-7-17(8-11-26)23-20(27)15-2-1-9-22-13-15/h1-6,9,13,17-19,24-25H,7-8,10-12H2,(H,23,27). The van der Waals surface area contributed by atoms with E-state index in [0.29, 0.717) is 5.56 Å². The highest BCUT2D eigenvalue weighted by Gasteiger charge is 2.32. The number of hydrogen-bond donors (Lipinski definition) is 3. The molecule has 1 amide bonds. The van der Waals surface area contributed by atoms with E-state index in [1.807, 2.05) is 12.1 Å². The van der Waals surface area contributed by atoms with Gasteiger partial charge < -0.3 is 5.32 Å². The number of benzene rings is 1. The number of rotatable bonds is 4. The highest BCUT2D eigenvalue weighted by Crippen LogP contribution is 2.25. The minimum Gasteiger partial charge on any atom is -0.349 e. The summed E-state index contributed by atoms with van der Waals surface area (Å²) in [5, 5.41) is 3.11. The van der Waals surface area contributed by atoms with E-state index in [4.69, 9.17) is 0 Å². The third kappa shape index (κ3) is 4.32. The molecule has 0 saturated carbocycles. The molecule has 7 heteroatoms. The van der Waals surface area contributed by atoms with E-state index < -0.39 is 0 Å². The zero-order chi connectivity index (χ0) is 18.6. The van der Waals surface area contributed by atoms with E-state index in [9.17, 15) is 9.18 Å². The van der Waals surface area contributed by atoms with Crippen molar-refractivity contribution < 1.29 is 9.18 Å². The summed E-state index contributed by atoms with van der Waals surface area (Å²) in [6.07, 6.45) is 6.27. The number of carbonyl (C=O) groups is 1. The zero-order valence-electron chi connectivity index (χ0n) is 15.1. The number of likely N-dealkylation sites (tertiary alicyclic amines) is 1. The summed E-state index contributed by atoms with van der Waals surface area (Å²) in [6.45, 7) is 1.85. The Morgan fingerprint density at radius 1 is 1.15 bits per heavy atom. The number of pyridine rings is 1. The molecule has 1 aromatic heterocycles. The van der Waals surface area contributed by atoms with Crippen LogP contribution in [0.4, 0.5) is 4.39 Å². The lowest BCUT2D eigenvalue weighted by Crippen LogP contribution is -2.51. The minimum atomic E-state index is -0.211. The number of aromatic nitrogens is 1. The predicted octanol–water partition coefficient (Wildman–Crippen LogP) is 1.98. The minimum absolute atomic E-state index is 0.0569. The van der Waals surface area contributed by atoms with Gasteiger partial charge >= 0.3 is 0 Å². The summed E-state index contributed by atoms with van der Waals surface area (Å²) >= 11 is 0. The maximum atomic E-state index is 13.1. The molecule has 142 valence electrons. The fourth-order valence-electron chi connectivity index (χ4n) is 3.81. The van der Waals surface area contributed by atoms with Crippen LogP contribution in [0.25, 0.3) is 0 Å². The van der Waals surface area contributed by atoms with E-state index in [1.54, 1.807) is 24.5 Å². The van der Waals surface area contributed by atoms with Crippen LogP contribution in [0.15, 0.2) is 48.8 Å². The number of nitrogens with one attached hydrogen (secondary N) is 3. The van der Waals surface area contributed by atoms with Crippen LogP contribution in [-0.2, 0) is 0 Å². The Bertz CT molecular complexity index is 762. The fraction of sp³-hybridized carbons (Fsp3) is 0.400. The number of piperidine rings is 1. The third-order valence-corrected chi connectivity index (χ3v) is 5.38. The van der Waals surface area contributed by atoms with Crippen LogP contribution in [0.5, 0.6) is 0 Å². The smallest absolute Gasteiger partial charge is 0.253 e. The first-order chi connectivity index (χ1) is 13.2. The number of hydrazine groups is 1. The first-order valence-corrected chi connectivity index (χ1v) is 9.40. The van der Waals surface area contributed by atoms with Crippen molar-refractivity contribution in [2.75, 3.05) is 13.1 Å².